The highest BCUT2D eigenvalue weighted by atomic mass is 35.5. The van der Waals surface area contributed by atoms with E-state index < -0.39 is 0 Å². The highest BCUT2D eigenvalue weighted by Gasteiger charge is 1.94. The predicted molar refractivity (Wildman–Crippen MR) is 57.5 cm³/mol. The highest BCUT2D eigenvalue weighted by molar-refractivity contribution is 8.03. The van der Waals surface area contributed by atoms with Crippen molar-refractivity contribution >= 4 is 35.0 Å². The number of benzene rings is 1. The Labute approximate surface area is 86.6 Å². The summed E-state index contributed by atoms with van der Waals surface area (Å²) in [7, 11) is 0. The number of hydrogen-bond donors (Lipinski definition) is 0. The van der Waals surface area contributed by atoms with Crippen LogP contribution in [0.25, 0.3) is 0 Å². The Morgan fingerprint density at radius 3 is 2.58 bits per heavy atom. The Morgan fingerprint density at radius 2 is 2.00 bits per heavy atom. The molecule has 3 heteroatoms. The van der Waals surface area contributed by atoms with Gasteiger partial charge in [-0.1, -0.05) is 53.5 Å². The lowest BCUT2D eigenvalue weighted by Crippen LogP contribution is -1.76. The monoisotopic (exact) mass is 218 g/mol. The van der Waals surface area contributed by atoms with Crippen LogP contribution < -0.4 is 0 Å². The van der Waals surface area contributed by atoms with Crippen LogP contribution in [0.2, 0.25) is 0 Å². The van der Waals surface area contributed by atoms with Gasteiger partial charge >= 0.3 is 0 Å². The smallest absolute Gasteiger partial charge is 0.0851 e. The van der Waals surface area contributed by atoms with Crippen molar-refractivity contribution in [2.24, 2.45) is 0 Å². The van der Waals surface area contributed by atoms with E-state index in [0.29, 0.717) is 4.36 Å². The second-order valence-electron chi connectivity index (χ2n) is 2.19. The summed E-state index contributed by atoms with van der Waals surface area (Å²) in [5.74, 6) is 0.864. The van der Waals surface area contributed by atoms with Gasteiger partial charge in [0.25, 0.3) is 0 Å². The second kappa shape index (κ2) is 5.52. The molecular formula is C9H8Cl2S. The van der Waals surface area contributed by atoms with Gasteiger partial charge in [-0.2, -0.15) is 0 Å². The van der Waals surface area contributed by atoms with Gasteiger partial charge in [0.15, 0.2) is 0 Å². The minimum Gasteiger partial charge on any atom is -0.108 e. The molecule has 0 saturated heterocycles. The molecule has 0 heterocycles. The molecule has 12 heavy (non-hydrogen) atoms. The molecule has 0 aliphatic rings. The summed E-state index contributed by atoms with van der Waals surface area (Å²) in [5.41, 5.74) is 2.63. The molecule has 0 bridgehead atoms. The van der Waals surface area contributed by atoms with Crippen molar-refractivity contribution in [3.8, 4) is 0 Å². The summed E-state index contributed by atoms with van der Waals surface area (Å²) in [6.45, 7) is 0. The summed E-state index contributed by atoms with van der Waals surface area (Å²) >= 11 is 12.6. The summed E-state index contributed by atoms with van der Waals surface area (Å²) in [6, 6.07) is 10.1. The molecule has 0 spiro atoms. The molecular weight excluding hydrogens is 211 g/mol. The first kappa shape index (κ1) is 9.97. The van der Waals surface area contributed by atoms with Crippen LogP contribution in [0.3, 0.4) is 0 Å². The van der Waals surface area contributed by atoms with Gasteiger partial charge in [0.2, 0.25) is 0 Å². The fourth-order valence-corrected chi connectivity index (χ4v) is 1.67. The van der Waals surface area contributed by atoms with Crippen molar-refractivity contribution in [1.82, 2.24) is 0 Å². The van der Waals surface area contributed by atoms with Crippen molar-refractivity contribution in [1.29, 1.82) is 0 Å². The fourth-order valence-electron chi connectivity index (χ4n) is 0.758. The molecule has 0 saturated carbocycles. The lowest BCUT2D eigenvalue weighted by molar-refractivity contribution is 1.42. The molecule has 0 amide bonds. The SMILES string of the molecule is ClC=C(Cl)SCc1ccccc1. The molecule has 0 aliphatic heterocycles. The highest BCUT2D eigenvalue weighted by Crippen LogP contribution is 2.24. The van der Waals surface area contributed by atoms with Crippen molar-refractivity contribution in [2.75, 3.05) is 0 Å². The molecule has 0 aliphatic carbocycles. The summed E-state index contributed by atoms with van der Waals surface area (Å²) in [4.78, 5) is 0. The minimum atomic E-state index is 0.625. The molecule has 1 aromatic carbocycles. The molecule has 1 aromatic rings. The Bertz CT molecular complexity index is 256. The average Bonchev–Trinajstić information content (AvgIpc) is 2.16. The Morgan fingerprint density at radius 1 is 1.33 bits per heavy atom. The fraction of sp³-hybridized carbons (Fsp3) is 0.111. The number of rotatable bonds is 3. The van der Waals surface area contributed by atoms with Gasteiger partial charge in [-0.05, 0) is 5.56 Å². The molecule has 1 rings (SSSR count). The zero-order valence-electron chi connectivity index (χ0n) is 6.34. The minimum absolute atomic E-state index is 0.625. The zero-order valence-corrected chi connectivity index (χ0v) is 8.66. The van der Waals surface area contributed by atoms with E-state index in [4.69, 9.17) is 23.2 Å². The molecule has 0 N–H and O–H groups in total. The van der Waals surface area contributed by atoms with Crippen molar-refractivity contribution in [3.05, 3.63) is 45.8 Å². The number of thioether (sulfide) groups is 1. The van der Waals surface area contributed by atoms with Crippen LogP contribution in [-0.4, -0.2) is 0 Å². The van der Waals surface area contributed by atoms with Crippen LogP contribution in [0.15, 0.2) is 40.2 Å². The summed E-state index contributed by atoms with van der Waals surface area (Å²) in [5, 5.41) is 0. The van der Waals surface area contributed by atoms with E-state index in [-0.39, 0.29) is 0 Å². The largest absolute Gasteiger partial charge is 0.108 e. The van der Waals surface area contributed by atoms with E-state index >= 15 is 0 Å². The Hall–Kier alpha value is -0.110. The van der Waals surface area contributed by atoms with E-state index in [2.05, 4.69) is 12.1 Å². The number of hydrogen-bond acceptors (Lipinski definition) is 1. The van der Waals surface area contributed by atoms with E-state index in [0.717, 1.165) is 5.75 Å². The predicted octanol–water partition coefficient (Wildman–Crippen LogP) is 4.20. The Balaban J connectivity index is 2.44. The molecule has 0 unspecified atom stereocenters. The molecule has 0 nitrogen and oxygen atoms in total. The first-order valence-electron chi connectivity index (χ1n) is 3.45. The van der Waals surface area contributed by atoms with Gasteiger partial charge in [0.05, 0.1) is 4.36 Å². The Kier molecular flexibility index (Phi) is 4.59. The maximum Gasteiger partial charge on any atom is 0.0851 e. The second-order valence-corrected chi connectivity index (χ2v) is 4.05. The van der Waals surface area contributed by atoms with Crippen molar-refractivity contribution < 1.29 is 0 Å². The molecule has 0 radical (unpaired) electrons. The first-order valence-corrected chi connectivity index (χ1v) is 5.25. The van der Waals surface area contributed by atoms with Crippen LogP contribution in [0.4, 0.5) is 0 Å². The van der Waals surface area contributed by atoms with E-state index in [1.807, 2.05) is 18.2 Å². The third kappa shape index (κ3) is 3.53. The molecule has 0 aromatic heterocycles. The van der Waals surface area contributed by atoms with Crippen molar-refractivity contribution in [2.45, 2.75) is 5.75 Å². The quantitative estimate of drug-likeness (QED) is 0.734. The summed E-state index contributed by atoms with van der Waals surface area (Å²) in [6.07, 6.45) is 0. The van der Waals surface area contributed by atoms with E-state index in [1.54, 1.807) is 0 Å². The van der Waals surface area contributed by atoms with Crippen LogP contribution in [0.5, 0.6) is 0 Å². The van der Waals surface area contributed by atoms with Gasteiger partial charge in [-0.3, -0.25) is 0 Å². The van der Waals surface area contributed by atoms with Crippen LogP contribution in [0, 0.1) is 0 Å². The third-order valence-electron chi connectivity index (χ3n) is 1.31. The van der Waals surface area contributed by atoms with Gasteiger partial charge in [0, 0.05) is 11.3 Å². The van der Waals surface area contributed by atoms with Gasteiger partial charge < -0.3 is 0 Å². The normalized spacial score (nSPS) is 11.7. The van der Waals surface area contributed by atoms with Gasteiger partial charge in [0.1, 0.15) is 0 Å². The van der Waals surface area contributed by atoms with Crippen LogP contribution in [-0.2, 0) is 5.75 Å². The maximum absolute atomic E-state index is 5.71. The maximum atomic E-state index is 5.71. The lowest BCUT2D eigenvalue weighted by atomic mass is 10.2. The van der Waals surface area contributed by atoms with Crippen molar-refractivity contribution in [3.63, 3.8) is 0 Å². The first-order chi connectivity index (χ1) is 5.83. The summed E-state index contributed by atoms with van der Waals surface area (Å²) < 4.78 is 0.625. The topological polar surface area (TPSA) is 0 Å². The third-order valence-corrected chi connectivity index (χ3v) is 3.07. The molecule has 0 fully saturated rings. The zero-order chi connectivity index (χ0) is 8.81. The van der Waals surface area contributed by atoms with Crippen LogP contribution >= 0.6 is 35.0 Å². The van der Waals surface area contributed by atoms with Crippen LogP contribution in [0.1, 0.15) is 5.56 Å². The van der Waals surface area contributed by atoms with Gasteiger partial charge in [-0.25, -0.2) is 0 Å². The van der Waals surface area contributed by atoms with E-state index in [1.165, 1.54) is 22.9 Å². The number of halogens is 2. The standard InChI is InChI=1S/C9H8Cl2S/c10-6-9(11)12-7-8-4-2-1-3-5-8/h1-6H,7H2. The lowest BCUT2D eigenvalue weighted by Gasteiger charge is -1.98. The van der Waals surface area contributed by atoms with E-state index in [9.17, 15) is 0 Å². The van der Waals surface area contributed by atoms with Gasteiger partial charge in [-0.15, -0.1) is 11.8 Å². The molecule has 64 valence electrons. The average molecular weight is 219 g/mol. The molecule has 0 atom stereocenters.